The van der Waals surface area contributed by atoms with E-state index in [1.807, 2.05) is 6.92 Å². The number of oxime groups is 1. The van der Waals surface area contributed by atoms with Crippen LogP contribution in [0.5, 0.6) is 0 Å². The molecule has 0 amide bonds. The number of hydrogen-bond acceptors (Lipinski definition) is 2. The highest BCUT2D eigenvalue weighted by Gasteiger charge is 2.14. The predicted molar refractivity (Wildman–Crippen MR) is 48.8 cm³/mol. The summed E-state index contributed by atoms with van der Waals surface area (Å²) in [7, 11) is 0. The van der Waals surface area contributed by atoms with Gasteiger partial charge in [-0.05, 0) is 13.3 Å². The Morgan fingerprint density at radius 1 is 1.36 bits per heavy atom. The molecule has 0 bridgehead atoms. The van der Waals surface area contributed by atoms with E-state index in [4.69, 9.17) is 4.84 Å². The van der Waals surface area contributed by atoms with Gasteiger partial charge in [-0.15, -0.1) is 0 Å². The van der Waals surface area contributed by atoms with Crippen LogP contribution < -0.4 is 0 Å². The molecular formula is C9H19NO. The van der Waals surface area contributed by atoms with Crippen molar-refractivity contribution in [3.63, 3.8) is 0 Å². The molecule has 2 heteroatoms. The Bertz CT molecular complexity index is 133. The van der Waals surface area contributed by atoms with Crippen molar-refractivity contribution in [2.24, 2.45) is 10.6 Å². The van der Waals surface area contributed by atoms with Gasteiger partial charge in [0.25, 0.3) is 0 Å². The van der Waals surface area contributed by atoms with Gasteiger partial charge in [0.15, 0.2) is 0 Å². The summed E-state index contributed by atoms with van der Waals surface area (Å²) >= 11 is 0. The Balaban J connectivity index is 3.81. The van der Waals surface area contributed by atoms with Gasteiger partial charge in [-0.1, -0.05) is 32.9 Å². The molecule has 0 saturated heterocycles. The minimum absolute atomic E-state index is 0.133. The first-order valence-electron chi connectivity index (χ1n) is 4.15. The zero-order valence-corrected chi connectivity index (χ0v) is 8.27. The molecule has 0 saturated carbocycles. The minimum Gasteiger partial charge on any atom is -0.396 e. The third-order valence-electron chi connectivity index (χ3n) is 1.58. The van der Waals surface area contributed by atoms with Crippen LogP contribution in [0, 0.1) is 5.41 Å². The molecule has 0 aliphatic rings. The predicted octanol–water partition coefficient (Wildman–Crippen LogP) is 2.84. The fourth-order valence-corrected chi connectivity index (χ4v) is 0.371. The smallest absolute Gasteiger partial charge is 0.116 e. The first-order chi connectivity index (χ1) is 4.98. The standard InChI is InChI=1S/C9H19NO/c1-6-7-11-10-8(2)9(3,4)5/h6-7H2,1-5H3. The summed E-state index contributed by atoms with van der Waals surface area (Å²) in [6.07, 6.45) is 1.01. The van der Waals surface area contributed by atoms with E-state index in [1.54, 1.807) is 0 Å². The van der Waals surface area contributed by atoms with Crippen molar-refractivity contribution in [1.29, 1.82) is 0 Å². The van der Waals surface area contributed by atoms with E-state index in [2.05, 4.69) is 32.9 Å². The molecule has 0 aromatic heterocycles. The summed E-state index contributed by atoms with van der Waals surface area (Å²) in [6.45, 7) is 11.2. The maximum absolute atomic E-state index is 5.06. The highest BCUT2D eigenvalue weighted by molar-refractivity contribution is 5.86. The molecule has 0 unspecified atom stereocenters. The van der Waals surface area contributed by atoms with Crippen LogP contribution in [0.25, 0.3) is 0 Å². The second-order valence-corrected chi connectivity index (χ2v) is 3.76. The second-order valence-electron chi connectivity index (χ2n) is 3.76. The average molecular weight is 157 g/mol. The first-order valence-corrected chi connectivity index (χ1v) is 4.15. The monoisotopic (exact) mass is 157 g/mol. The SMILES string of the molecule is CCCON=C(C)C(C)(C)C. The highest BCUT2D eigenvalue weighted by Crippen LogP contribution is 2.15. The molecule has 0 aromatic rings. The molecule has 0 fully saturated rings. The molecule has 0 aliphatic heterocycles. The lowest BCUT2D eigenvalue weighted by atomic mass is 9.91. The summed E-state index contributed by atoms with van der Waals surface area (Å²) in [5.41, 5.74) is 1.18. The van der Waals surface area contributed by atoms with Crippen LogP contribution in [0.4, 0.5) is 0 Å². The lowest BCUT2D eigenvalue weighted by Crippen LogP contribution is -2.17. The van der Waals surface area contributed by atoms with Crippen LogP contribution >= 0.6 is 0 Å². The zero-order valence-electron chi connectivity index (χ0n) is 8.27. The Kier molecular flexibility index (Phi) is 4.16. The van der Waals surface area contributed by atoms with Gasteiger partial charge in [0.2, 0.25) is 0 Å². The molecule has 0 spiro atoms. The van der Waals surface area contributed by atoms with E-state index in [0.29, 0.717) is 6.61 Å². The van der Waals surface area contributed by atoms with E-state index in [0.717, 1.165) is 12.1 Å². The molecule has 0 atom stereocenters. The van der Waals surface area contributed by atoms with Crippen LogP contribution in [0.15, 0.2) is 5.16 Å². The number of hydrogen-bond donors (Lipinski definition) is 0. The largest absolute Gasteiger partial charge is 0.396 e. The summed E-state index contributed by atoms with van der Waals surface area (Å²) in [4.78, 5) is 5.06. The Hall–Kier alpha value is -0.530. The quantitative estimate of drug-likeness (QED) is 0.350. The molecule has 66 valence electrons. The molecule has 0 aromatic carbocycles. The van der Waals surface area contributed by atoms with Crippen molar-refractivity contribution in [2.75, 3.05) is 6.61 Å². The molecule has 11 heavy (non-hydrogen) atoms. The van der Waals surface area contributed by atoms with Crippen LogP contribution in [-0.4, -0.2) is 12.3 Å². The van der Waals surface area contributed by atoms with Crippen molar-refractivity contribution < 1.29 is 4.84 Å². The summed E-state index contributed by atoms with van der Waals surface area (Å²) < 4.78 is 0. The van der Waals surface area contributed by atoms with Gasteiger partial charge in [-0.25, -0.2) is 0 Å². The van der Waals surface area contributed by atoms with Gasteiger partial charge in [0.05, 0.1) is 5.71 Å². The lowest BCUT2D eigenvalue weighted by molar-refractivity contribution is 0.142. The maximum Gasteiger partial charge on any atom is 0.116 e. The summed E-state index contributed by atoms with van der Waals surface area (Å²) in [6, 6.07) is 0. The van der Waals surface area contributed by atoms with E-state index >= 15 is 0 Å². The van der Waals surface area contributed by atoms with E-state index < -0.39 is 0 Å². The minimum atomic E-state index is 0.133. The topological polar surface area (TPSA) is 21.6 Å². The molecule has 0 rings (SSSR count). The van der Waals surface area contributed by atoms with Gasteiger partial charge >= 0.3 is 0 Å². The van der Waals surface area contributed by atoms with Crippen LogP contribution in [0.1, 0.15) is 41.0 Å². The lowest BCUT2D eigenvalue weighted by Gasteiger charge is -2.16. The average Bonchev–Trinajstić information content (AvgIpc) is 1.86. The second kappa shape index (κ2) is 4.37. The maximum atomic E-state index is 5.06. The van der Waals surface area contributed by atoms with Crippen LogP contribution in [-0.2, 0) is 4.84 Å². The third-order valence-corrected chi connectivity index (χ3v) is 1.58. The molecular weight excluding hydrogens is 138 g/mol. The Morgan fingerprint density at radius 3 is 2.27 bits per heavy atom. The zero-order chi connectivity index (χ0) is 8.91. The summed E-state index contributed by atoms with van der Waals surface area (Å²) in [5, 5.41) is 4.00. The van der Waals surface area contributed by atoms with E-state index in [-0.39, 0.29) is 5.41 Å². The molecule has 2 nitrogen and oxygen atoms in total. The fraction of sp³-hybridized carbons (Fsp3) is 0.889. The van der Waals surface area contributed by atoms with Crippen molar-refractivity contribution in [1.82, 2.24) is 0 Å². The molecule has 0 aliphatic carbocycles. The van der Waals surface area contributed by atoms with Crippen molar-refractivity contribution >= 4 is 5.71 Å². The Labute approximate surface area is 69.6 Å². The number of nitrogens with zero attached hydrogens (tertiary/aromatic N) is 1. The highest BCUT2D eigenvalue weighted by atomic mass is 16.6. The summed E-state index contributed by atoms with van der Waals surface area (Å²) in [5.74, 6) is 0. The Morgan fingerprint density at radius 2 is 1.91 bits per heavy atom. The van der Waals surface area contributed by atoms with Crippen molar-refractivity contribution in [3.05, 3.63) is 0 Å². The number of rotatable bonds is 3. The van der Waals surface area contributed by atoms with Crippen molar-refractivity contribution in [2.45, 2.75) is 41.0 Å². The molecule has 0 N–H and O–H groups in total. The van der Waals surface area contributed by atoms with Crippen LogP contribution in [0.2, 0.25) is 0 Å². The fourth-order valence-electron chi connectivity index (χ4n) is 0.371. The van der Waals surface area contributed by atoms with E-state index in [9.17, 15) is 0 Å². The van der Waals surface area contributed by atoms with Gasteiger partial charge in [0.1, 0.15) is 6.61 Å². The van der Waals surface area contributed by atoms with Gasteiger partial charge in [0, 0.05) is 5.41 Å². The molecule has 0 heterocycles. The molecule has 0 radical (unpaired) electrons. The normalized spacial score (nSPS) is 13.4. The third kappa shape index (κ3) is 4.82. The van der Waals surface area contributed by atoms with Crippen molar-refractivity contribution in [3.8, 4) is 0 Å². The van der Waals surface area contributed by atoms with Gasteiger partial charge < -0.3 is 4.84 Å². The first kappa shape index (κ1) is 10.5. The van der Waals surface area contributed by atoms with Gasteiger partial charge in [-0.3, -0.25) is 0 Å². The van der Waals surface area contributed by atoms with Gasteiger partial charge in [-0.2, -0.15) is 0 Å². The van der Waals surface area contributed by atoms with Crippen LogP contribution in [0.3, 0.4) is 0 Å². The van der Waals surface area contributed by atoms with E-state index in [1.165, 1.54) is 0 Å².